The summed E-state index contributed by atoms with van der Waals surface area (Å²) < 4.78 is 0. The fourth-order valence-corrected chi connectivity index (χ4v) is 1.44. The molecule has 0 saturated carbocycles. The largest absolute Gasteiger partial charge is 0.305 e. The Bertz CT molecular complexity index is 490. The van der Waals surface area contributed by atoms with Gasteiger partial charge in [0.25, 0.3) is 0 Å². The van der Waals surface area contributed by atoms with E-state index in [2.05, 4.69) is 15.3 Å². The Hall–Kier alpha value is -1.94. The summed E-state index contributed by atoms with van der Waals surface area (Å²) in [5, 5.41) is 7.50. The average molecular weight is 233 g/mol. The maximum atomic E-state index is 5.81. The highest BCUT2D eigenvalue weighted by molar-refractivity contribution is 6.30. The van der Waals surface area contributed by atoms with E-state index in [1.54, 1.807) is 12.3 Å². The van der Waals surface area contributed by atoms with E-state index in [1.165, 1.54) is 0 Å². The van der Waals surface area contributed by atoms with Gasteiger partial charge in [-0.1, -0.05) is 29.0 Å². The molecule has 80 valence electrons. The van der Waals surface area contributed by atoms with Gasteiger partial charge in [0.2, 0.25) is 0 Å². The van der Waals surface area contributed by atoms with Gasteiger partial charge in [-0.25, -0.2) is 4.98 Å². The van der Waals surface area contributed by atoms with Crippen molar-refractivity contribution in [2.45, 2.75) is 0 Å². The summed E-state index contributed by atoms with van der Waals surface area (Å²) in [6, 6.07) is 11.2. The number of halogens is 1. The number of aromatic nitrogens is 1. The van der Waals surface area contributed by atoms with Crippen molar-refractivity contribution in [3.05, 3.63) is 47.6 Å². The molecule has 2 rings (SSSR count). The van der Waals surface area contributed by atoms with E-state index < -0.39 is 0 Å². The SMILES string of the molecule is NN=Nc1ccc(-c2ccc(Cl)cc2)cn1. The van der Waals surface area contributed by atoms with E-state index in [9.17, 15) is 0 Å². The molecule has 5 heteroatoms. The van der Waals surface area contributed by atoms with Crippen molar-refractivity contribution in [1.29, 1.82) is 0 Å². The number of rotatable bonds is 2. The van der Waals surface area contributed by atoms with Crippen LogP contribution in [0.3, 0.4) is 0 Å². The number of hydrogen-bond donors (Lipinski definition) is 1. The third-order valence-corrected chi connectivity index (χ3v) is 2.34. The maximum Gasteiger partial charge on any atom is 0.176 e. The molecule has 0 aliphatic rings. The second-order valence-corrected chi connectivity index (χ2v) is 3.56. The number of nitrogens with zero attached hydrogens (tertiary/aromatic N) is 3. The summed E-state index contributed by atoms with van der Waals surface area (Å²) in [5.41, 5.74) is 2.04. The van der Waals surface area contributed by atoms with Crippen LogP contribution in [0.25, 0.3) is 11.1 Å². The highest BCUT2D eigenvalue weighted by atomic mass is 35.5. The molecule has 0 amide bonds. The van der Waals surface area contributed by atoms with E-state index in [0.29, 0.717) is 10.8 Å². The zero-order chi connectivity index (χ0) is 11.4. The molecule has 0 atom stereocenters. The minimum absolute atomic E-state index is 0.486. The summed E-state index contributed by atoms with van der Waals surface area (Å²) in [6.45, 7) is 0. The van der Waals surface area contributed by atoms with Crippen LogP contribution in [0, 0.1) is 0 Å². The molecule has 0 aliphatic carbocycles. The summed E-state index contributed by atoms with van der Waals surface area (Å²) in [7, 11) is 0. The molecule has 0 fully saturated rings. The van der Waals surface area contributed by atoms with Crippen LogP contribution in [0.15, 0.2) is 52.9 Å². The van der Waals surface area contributed by atoms with Gasteiger partial charge in [0.15, 0.2) is 5.82 Å². The van der Waals surface area contributed by atoms with E-state index in [-0.39, 0.29) is 0 Å². The van der Waals surface area contributed by atoms with Crippen LogP contribution in [-0.4, -0.2) is 4.98 Å². The van der Waals surface area contributed by atoms with Crippen LogP contribution in [-0.2, 0) is 0 Å². The van der Waals surface area contributed by atoms with Gasteiger partial charge in [-0.15, -0.1) is 5.11 Å². The molecule has 0 unspecified atom stereocenters. The Morgan fingerprint density at radius 2 is 1.69 bits per heavy atom. The van der Waals surface area contributed by atoms with Gasteiger partial charge in [0.1, 0.15) is 0 Å². The molecule has 1 heterocycles. The van der Waals surface area contributed by atoms with Crippen molar-refractivity contribution in [2.75, 3.05) is 0 Å². The standard InChI is InChI=1S/C11H9ClN4/c12-10-4-1-8(2-5-10)9-3-6-11(14-7-9)15-16-13/h1-7H,(H2,13,14,15). The lowest BCUT2D eigenvalue weighted by molar-refractivity contribution is 1.03. The first-order valence-electron chi connectivity index (χ1n) is 4.62. The van der Waals surface area contributed by atoms with E-state index in [1.807, 2.05) is 30.3 Å². The third-order valence-electron chi connectivity index (χ3n) is 2.09. The Labute approximate surface area is 97.8 Å². The summed E-state index contributed by atoms with van der Waals surface area (Å²) in [6.07, 6.45) is 1.72. The predicted octanol–water partition coefficient (Wildman–Crippen LogP) is 3.36. The van der Waals surface area contributed by atoms with Gasteiger partial charge in [0, 0.05) is 16.8 Å². The van der Waals surface area contributed by atoms with Gasteiger partial charge in [-0.05, 0) is 29.8 Å². The maximum absolute atomic E-state index is 5.81. The molecule has 0 radical (unpaired) electrons. The Balaban J connectivity index is 2.31. The Morgan fingerprint density at radius 1 is 1.00 bits per heavy atom. The molecular weight excluding hydrogens is 224 g/mol. The molecule has 16 heavy (non-hydrogen) atoms. The molecular formula is C11H9ClN4. The molecule has 1 aromatic heterocycles. The van der Waals surface area contributed by atoms with Crippen LogP contribution >= 0.6 is 11.6 Å². The minimum atomic E-state index is 0.486. The van der Waals surface area contributed by atoms with Gasteiger partial charge in [-0.3, -0.25) is 0 Å². The molecule has 0 spiro atoms. The number of pyridine rings is 1. The van der Waals surface area contributed by atoms with E-state index >= 15 is 0 Å². The predicted molar refractivity (Wildman–Crippen MR) is 63.4 cm³/mol. The lowest BCUT2D eigenvalue weighted by Gasteiger charge is -2.00. The molecule has 2 aromatic rings. The van der Waals surface area contributed by atoms with Crippen molar-refractivity contribution in [2.24, 2.45) is 16.2 Å². The van der Waals surface area contributed by atoms with Gasteiger partial charge >= 0.3 is 0 Å². The smallest absolute Gasteiger partial charge is 0.176 e. The van der Waals surface area contributed by atoms with Crippen molar-refractivity contribution in [3.63, 3.8) is 0 Å². The van der Waals surface area contributed by atoms with Crippen LogP contribution < -0.4 is 5.84 Å². The molecule has 2 N–H and O–H groups in total. The van der Waals surface area contributed by atoms with Crippen LogP contribution in [0.2, 0.25) is 5.02 Å². The van der Waals surface area contributed by atoms with E-state index in [0.717, 1.165) is 11.1 Å². The van der Waals surface area contributed by atoms with E-state index in [4.69, 9.17) is 17.4 Å². The topological polar surface area (TPSA) is 63.6 Å². The summed E-state index contributed by atoms with van der Waals surface area (Å²) >= 11 is 5.81. The van der Waals surface area contributed by atoms with Crippen LogP contribution in [0.5, 0.6) is 0 Å². The molecule has 0 saturated heterocycles. The monoisotopic (exact) mass is 232 g/mol. The Morgan fingerprint density at radius 3 is 2.25 bits per heavy atom. The normalized spacial score (nSPS) is 10.8. The van der Waals surface area contributed by atoms with Gasteiger partial charge in [-0.2, -0.15) is 0 Å². The van der Waals surface area contributed by atoms with Crippen molar-refractivity contribution < 1.29 is 0 Å². The molecule has 1 aromatic carbocycles. The van der Waals surface area contributed by atoms with Gasteiger partial charge in [0.05, 0.1) is 0 Å². The number of hydrogen-bond acceptors (Lipinski definition) is 3. The zero-order valence-electron chi connectivity index (χ0n) is 8.34. The van der Waals surface area contributed by atoms with Crippen LogP contribution in [0.4, 0.5) is 5.82 Å². The van der Waals surface area contributed by atoms with Crippen molar-refractivity contribution in [1.82, 2.24) is 4.98 Å². The highest BCUT2D eigenvalue weighted by Crippen LogP contribution is 2.22. The summed E-state index contributed by atoms with van der Waals surface area (Å²) in [5.74, 6) is 5.42. The summed E-state index contributed by atoms with van der Waals surface area (Å²) in [4.78, 5) is 4.09. The van der Waals surface area contributed by atoms with Gasteiger partial charge < -0.3 is 5.84 Å². The second-order valence-electron chi connectivity index (χ2n) is 3.13. The fraction of sp³-hybridized carbons (Fsp3) is 0. The lowest BCUT2D eigenvalue weighted by Crippen LogP contribution is -1.81. The van der Waals surface area contributed by atoms with Crippen LogP contribution in [0.1, 0.15) is 0 Å². The second kappa shape index (κ2) is 4.72. The highest BCUT2D eigenvalue weighted by Gasteiger charge is 1.98. The third kappa shape index (κ3) is 2.35. The molecule has 0 aliphatic heterocycles. The zero-order valence-corrected chi connectivity index (χ0v) is 9.09. The average Bonchev–Trinajstić information content (AvgIpc) is 2.32. The number of benzene rings is 1. The number of nitrogens with two attached hydrogens (primary N) is 1. The Kier molecular flexibility index (Phi) is 3.12. The quantitative estimate of drug-likeness (QED) is 0.490. The molecule has 0 bridgehead atoms. The first-order chi connectivity index (χ1) is 7.79. The first-order valence-corrected chi connectivity index (χ1v) is 5.00. The lowest BCUT2D eigenvalue weighted by atomic mass is 10.1. The molecule has 4 nitrogen and oxygen atoms in total. The van der Waals surface area contributed by atoms with Crippen molar-refractivity contribution >= 4 is 17.4 Å². The first kappa shape index (κ1) is 10.6. The fourth-order valence-electron chi connectivity index (χ4n) is 1.32. The van der Waals surface area contributed by atoms with Crippen molar-refractivity contribution in [3.8, 4) is 11.1 Å². The minimum Gasteiger partial charge on any atom is -0.305 e.